The number of nitrogen functional groups attached to an aromatic ring is 1. The number of nitrogens with two attached hydrogens (primary N) is 1. The van der Waals surface area contributed by atoms with Gasteiger partial charge >= 0.3 is 0 Å². The minimum Gasteiger partial charge on any atom is -0.456 e. The number of amides is 1. The highest BCUT2D eigenvalue weighted by Crippen LogP contribution is 2.33. The van der Waals surface area contributed by atoms with E-state index in [1.165, 1.54) is 0 Å². The van der Waals surface area contributed by atoms with E-state index in [1.54, 1.807) is 42.3 Å². The van der Waals surface area contributed by atoms with Crippen LogP contribution in [0.4, 0.5) is 5.69 Å². The van der Waals surface area contributed by atoms with Crippen molar-refractivity contribution in [2.45, 2.75) is 6.54 Å². The van der Waals surface area contributed by atoms with Crippen molar-refractivity contribution in [1.82, 2.24) is 4.90 Å². The van der Waals surface area contributed by atoms with Gasteiger partial charge in [0.25, 0.3) is 5.91 Å². The molecule has 0 atom stereocenters. The number of hydrogen-bond donors (Lipinski definition) is 1. The Kier molecular flexibility index (Phi) is 3.03. The Hall–Kier alpha value is -2.20. The van der Waals surface area contributed by atoms with Gasteiger partial charge in [0.2, 0.25) is 0 Å². The maximum Gasteiger partial charge on any atom is 0.254 e. The normalized spacial score (nSPS) is 13.5. The smallest absolute Gasteiger partial charge is 0.254 e. The summed E-state index contributed by atoms with van der Waals surface area (Å²) >= 11 is 6.08. The van der Waals surface area contributed by atoms with Crippen LogP contribution in [0, 0.1) is 0 Å². The maximum atomic E-state index is 11.8. The van der Waals surface area contributed by atoms with Crippen molar-refractivity contribution in [3.05, 3.63) is 52.5 Å². The zero-order valence-corrected chi connectivity index (χ0v) is 11.6. The van der Waals surface area contributed by atoms with E-state index < -0.39 is 0 Å². The van der Waals surface area contributed by atoms with Crippen LogP contribution in [0.5, 0.6) is 11.5 Å². The molecular formula is C15H13ClN2O2. The highest BCUT2D eigenvalue weighted by atomic mass is 35.5. The fourth-order valence-electron chi connectivity index (χ4n) is 2.23. The van der Waals surface area contributed by atoms with Crippen molar-refractivity contribution in [1.29, 1.82) is 0 Å². The van der Waals surface area contributed by atoms with Crippen molar-refractivity contribution < 1.29 is 9.53 Å². The summed E-state index contributed by atoms with van der Waals surface area (Å²) in [5, 5.41) is 0.457. The van der Waals surface area contributed by atoms with Gasteiger partial charge in [-0.2, -0.15) is 0 Å². The summed E-state index contributed by atoms with van der Waals surface area (Å²) in [6, 6.07) is 10.5. The first-order valence-electron chi connectivity index (χ1n) is 6.16. The Labute approximate surface area is 121 Å². The van der Waals surface area contributed by atoms with E-state index in [2.05, 4.69) is 0 Å². The number of fused-ring (bicyclic) bond motifs is 1. The molecule has 4 nitrogen and oxygen atoms in total. The zero-order chi connectivity index (χ0) is 14.3. The number of benzene rings is 2. The number of carbonyl (C=O) groups is 1. The molecule has 1 heterocycles. The van der Waals surface area contributed by atoms with E-state index in [0.717, 1.165) is 11.1 Å². The van der Waals surface area contributed by atoms with Crippen LogP contribution >= 0.6 is 11.6 Å². The molecule has 2 aromatic rings. The monoisotopic (exact) mass is 288 g/mol. The Morgan fingerprint density at radius 2 is 2.05 bits per heavy atom. The van der Waals surface area contributed by atoms with Crippen molar-refractivity contribution >= 4 is 23.2 Å². The molecular weight excluding hydrogens is 276 g/mol. The molecule has 20 heavy (non-hydrogen) atoms. The fraction of sp³-hybridized carbons (Fsp3) is 0.133. The molecule has 0 saturated heterocycles. The van der Waals surface area contributed by atoms with Crippen LogP contribution in [0.25, 0.3) is 0 Å². The van der Waals surface area contributed by atoms with E-state index in [-0.39, 0.29) is 5.91 Å². The van der Waals surface area contributed by atoms with Gasteiger partial charge in [0, 0.05) is 24.8 Å². The molecule has 0 unspecified atom stereocenters. The lowest BCUT2D eigenvalue weighted by atomic mass is 10.1. The number of rotatable bonds is 2. The fourth-order valence-corrected chi connectivity index (χ4v) is 2.46. The average molecular weight is 289 g/mol. The molecule has 0 radical (unpaired) electrons. The topological polar surface area (TPSA) is 55.6 Å². The average Bonchev–Trinajstić information content (AvgIpc) is 2.68. The first kappa shape index (κ1) is 12.8. The Bertz CT molecular complexity index is 700. The van der Waals surface area contributed by atoms with Gasteiger partial charge in [-0.3, -0.25) is 4.79 Å². The lowest BCUT2D eigenvalue weighted by Gasteiger charge is -2.09. The van der Waals surface area contributed by atoms with Crippen LogP contribution in [-0.4, -0.2) is 17.9 Å². The second kappa shape index (κ2) is 4.72. The lowest BCUT2D eigenvalue weighted by molar-refractivity contribution is 0.0816. The molecule has 0 spiro atoms. The van der Waals surface area contributed by atoms with Crippen LogP contribution in [0.1, 0.15) is 15.9 Å². The molecule has 3 rings (SSSR count). The minimum absolute atomic E-state index is 0.0390. The Balaban J connectivity index is 1.90. The number of halogens is 1. The van der Waals surface area contributed by atoms with Gasteiger partial charge in [-0.05, 0) is 42.0 Å². The molecule has 2 aromatic carbocycles. The highest BCUT2D eigenvalue weighted by Gasteiger charge is 2.24. The summed E-state index contributed by atoms with van der Waals surface area (Å²) in [5.41, 5.74) is 7.91. The molecule has 0 aliphatic carbocycles. The van der Waals surface area contributed by atoms with Gasteiger partial charge < -0.3 is 15.4 Å². The molecule has 0 aromatic heterocycles. The molecule has 0 bridgehead atoms. The number of anilines is 1. The lowest BCUT2D eigenvalue weighted by Crippen LogP contribution is -2.17. The molecule has 1 aliphatic heterocycles. The van der Waals surface area contributed by atoms with Gasteiger partial charge in [0.15, 0.2) is 0 Å². The standard InChI is InChI=1S/C15H13ClN2O2/c1-18-8-9-6-11(3-4-12(9)15(18)19)20-14-5-2-10(17)7-13(14)16/h2-7H,8,17H2,1H3. The van der Waals surface area contributed by atoms with Gasteiger partial charge in [-0.1, -0.05) is 11.6 Å². The summed E-state index contributed by atoms with van der Waals surface area (Å²) in [4.78, 5) is 13.5. The molecule has 5 heteroatoms. The van der Waals surface area contributed by atoms with Crippen LogP contribution in [0.3, 0.4) is 0 Å². The van der Waals surface area contributed by atoms with E-state index in [4.69, 9.17) is 22.1 Å². The number of nitrogens with zero attached hydrogens (tertiary/aromatic N) is 1. The first-order valence-corrected chi connectivity index (χ1v) is 6.53. The third kappa shape index (κ3) is 2.18. The minimum atomic E-state index is 0.0390. The third-order valence-electron chi connectivity index (χ3n) is 3.25. The zero-order valence-electron chi connectivity index (χ0n) is 10.9. The van der Waals surface area contributed by atoms with Gasteiger partial charge in [-0.25, -0.2) is 0 Å². The Morgan fingerprint density at radius 1 is 1.25 bits per heavy atom. The quantitative estimate of drug-likeness (QED) is 0.863. The summed E-state index contributed by atoms with van der Waals surface area (Å²) in [6.45, 7) is 0.598. The van der Waals surface area contributed by atoms with Crippen LogP contribution in [0.15, 0.2) is 36.4 Å². The number of ether oxygens (including phenoxy) is 1. The van der Waals surface area contributed by atoms with Crippen LogP contribution in [0.2, 0.25) is 5.02 Å². The third-order valence-corrected chi connectivity index (χ3v) is 3.54. The van der Waals surface area contributed by atoms with Crippen LogP contribution < -0.4 is 10.5 Å². The van der Waals surface area contributed by atoms with Crippen molar-refractivity contribution in [3.63, 3.8) is 0 Å². The van der Waals surface area contributed by atoms with E-state index in [1.807, 2.05) is 6.07 Å². The summed E-state index contributed by atoms with van der Waals surface area (Å²) in [5.74, 6) is 1.23. The predicted octanol–water partition coefficient (Wildman–Crippen LogP) is 3.30. The molecule has 102 valence electrons. The van der Waals surface area contributed by atoms with Crippen molar-refractivity contribution in [2.24, 2.45) is 0 Å². The highest BCUT2D eigenvalue weighted by molar-refractivity contribution is 6.32. The van der Waals surface area contributed by atoms with Gasteiger partial charge in [0.1, 0.15) is 11.5 Å². The summed E-state index contributed by atoms with van der Waals surface area (Å²) < 4.78 is 5.74. The second-order valence-electron chi connectivity index (χ2n) is 4.77. The second-order valence-corrected chi connectivity index (χ2v) is 5.18. The number of hydrogen-bond acceptors (Lipinski definition) is 3. The van der Waals surface area contributed by atoms with Crippen LogP contribution in [-0.2, 0) is 6.54 Å². The molecule has 2 N–H and O–H groups in total. The summed E-state index contributed by atoms with van der Waals surface area (Å²) in [7, 11) is 1.78. The van der Waals surface area contributed by atoms with Gasteiger partial charge in [0.05, 0.1) is 5.02 Å². The Morgan fingerprint density at radius 3 is 2.80 bits per heavy atom. The van der Waals surface area contributed by atoms with Crippen molar-refractivity contribution in [2.75, 3.05) is 12.8 Å². The predicted molar refractivity (Wildman–Crippen MR) is 78.2 cm³/mol. The molecule has 1 amide bonds. The SMILES string of the molecule is CN1Cc2cc(Oc3ccc(N)cc3Cl)ccc2C1=O. The van der Waals surface area contributed by atoms with E-state index in [0.29, 0.717) is 28.8 Å². The molecule has 1 aliphatic rings. The largest absolute Gasteiger partial charge is 0.456 e. The van der Waals surface area contributed by atoms with Gasteiger partial charge in [-0.15, -0.1) is 0 Å². The number of carbonyl (C=O) groups excluding carboxylic acids is 1. The molecule has 0 fully saturated rings. The first-order chi connectivity index (χ1) is 9.54. The molecule has 0 saturated carbocycles. The maximum absolute atomic E-state index is 11.8. The summed E-state index contributed by atoms with van der Waals surface area (Å²) in [6.07, 6.45) is 0. The van der Waals surface area contributed by atoms with E-state index in [9.17, 15) is 4.79 Å². The van der Waals surface area contributed by atoms with Crippen molar-refractivity contribution in [3.8, 4) is 11.5 Å². The van der Waals surface area contributed by atoms with E-state index >= 15 is 0 Å².